The van der Waals surface area contributed by atoms with Crippen LogP contribution in [0.15, 0.2) is 4.99 Å². The second-order valence-corrected chi connectivity index (χ2v) is 5.42. The van der Waals surface area contributed by atoms with Crippen molar-refractivity contribution in [1.29, 1.82) is 0 Å². The molecule has 1 aliphatic rings. The van der Waals surface area contributed by atoms with Crippen molar-refractivity contribution in [3.8, 4) is 0 Å². The SMILES string of the molecule is CCCNC(=O)CN=C(NCC)NCC(C)N1CCOCC1. The number of amides is 1. The number of ether oxygens (including phenoxy) is 1. The monoisotopic (exact) mass is 313 g/mol. The number of aliphatic imine (C=N–C) groups is 1. The van der Waals surface area contributed by atoms with E-state index in [1.165, 1.54) is 0 Å². The fraction of sp³-hybridized carbons (Fsp3) is 0.867. The molecule has 1 atom stereocenters. The number of nitrogens with one attached hydrogen (secondary N) is 3. The van der Waals surface area contributed by atoms with E-state index in [-0.39, 0.29) is 12.5 Å². The van der Waals surface area contributed by atoms with Gasteiger partial charge in [-0.3, -0.25) is 9.69 Å². The fourth-order valence-corrected chi connectivity index (χ4v) is 2.20. The van der Waals surface area contributed by atoms with Gasteiger partial charge in [0.2, 0.25) is 5.91 Å². The Balaban J connectivity index is 2.36. The summed E-state index contributed by atoms with van der Waals surface area (Å²) in [4.78, 5) is 18.3. The number of carbonyl (C=O) groups is 1. The minimum atomic E-state index is -0.0414. The fourth-order valence-electron chi connectivity index (χ4n) is 2.20. The minimum absolute atomic E-state index is 0.0414. The molecular weight excluding hydrogens is 282 g/mol. The number of nitrogens with zero attached hydrogens (tertiary/aromatic N) is 2. The van der Waals surface area contributed by atoms with Crippen LogP contribution in [0.3, 0.4) is 0 Å². The largest absolute Gasteiger partial charge is 0.379 e. The molecule has 1 heterocycles. The van der Waals surface area contributed by atoms with Crippen molar-refractivity contribution in [3.63, 3.8) is 0 Å². The van der Waals surface area contributed by atoms with Gasteiger partial charge in [-0.15, -0.1) is 0 Å². The third-order valence-electron chi connectivity index (χ3n) is 3.53. The molecule has 0 saturated carbocycles. The molecule has 1 fully saturated rings. The number of rotatable bonds is 8. The molecular formula is C15H31N5O2. The van der Waals surface area contributed by atoms with Crippen molar-refractivity contribution in [1.82, 2.24) is 20.9 Å². The van der Waals surface area contributed by atoms with Gasteiger partial charge in [-0.1, -0.05) is 6.92 Å². The Morgan fingerprint density at radius 2 is 1.95 bits per heavy atom. The van der Waals surface area contributed by atoms with Crippen molar-refractivity contribution in [2.75, 3.05) is 52.5 Å². The molecule has 1 saturated heterocycles. The van der Waals surface area contributed by atoms with Crippen LogP contribution in [0.2, 0.25) is 0 Å². The summed E-state index contributed by atoms with van der Waals surface area (Å²) < 4.78 is 5.37. The lowest BCUT2D eigenvalue weighted by atomic mass is 10.2. The summed E-state index contributed by atoms with van der Waals surface area (Å²) in [7, 11) is 0. The van der Waals surface area contributed by atoms with Crippen molar-refractivity contribution < 1.29 is 9.53 Å². The first kappa shape index (κ1) is 18.7. The maximum absolute atomic E-state index is 11.6. The molecule has 3 N–H and O–H groups in total. The lowest BCUT2D eigenvalue weighted by Crippen LogP contribution is -2.49. The number of hydrogen-bond acceptors (Lipinski definition) is 4. The van der Waals surface area contributed by atoms with Crippen LogP contribution in [-0.4, -0.2) is 75.3 Å². The van der Waals surface area contributed by atoms with Crippen LogP contribution in [0, 0.1) is 0 Å². The van der Waals surface area contributed by atoms with Gasteiger partial charge in [-0.05, 0) is 20.3 Å². The molecule has 1 rings (SSSR count). The Kier molecular flexibility index (Phi) is 9.57. The van der Waals surface area contributed by atoms with Crippen molar-refractivity contribution >= 4 is 11.9 Å². The Morgan fingerprint density at radius 1 is 1.23 bits per heavy atom. The van der Waals surface area contributed by atoms with Gasteiger partial charge in [0.1, 0.15) is 6.54 Å². The normalized spacial score (nSPS) is 17.9. The average molecular weight is 313 g/mol. The lowest BCUT2D eigenvalue weighted by Gasteiger charge is -2.32. The first-order valence-corrected chi connectivity index (χ1v) is 8.28. The molecule has 0 aromatic rings. The minimum Gasteiger partial charge on any atom is -0.379 e. The van der Waals surface area contributed by atoms with E-state index in [9.17, 15) is 4.79 Å². The zero-order chi connectivity index (χ0) is 16.2. The molecule has 0 spiro atoms. The molecule has 1 amide bonds. The predicted octanol–water partition coefficient (Wildman–Crippen LogP) is -0.212. The van der Waals surface area contributed by atoms with Crippen LogP contribution in [0.1, 0.15) is 27.2 Å². The van der Waals surface area contributed by atoms with Crippen LogP contribution in [0.25, 0.3) is 0 Å². The van der Waals surface area contributed by atoms with E-state index in [1.807, 2.05) is 13.8 Å². The molecule has 22 heavy (non-hydrogen) atoms. The Bertz CT molecular complexity index is 343. The van der Waals surface area contributed by atoms with Crippen LogP contribution in [0.4, 0.5) is 0 Å². The molecule has 0 aromatic carbocycles. The van der Waals surface area contributed by atoms with E-state index in [0.717, 1.165) is 45.8 Å². The molecule has 1 unspecified atom stereocenters. The predicted molar refractivity (Wildman–Crippen MR) is 89.1 cm³/mol. The van der Waals surface area contributed by atoms with Crippen molar-refractivity contribution in [2.45, 2.75) is 33.2 Å². The lowest BCUT2D eigenvalue weighted by molar-refractivity contribution is -0.119. The Hall–Kier alpha value is -1.34. The summed E-state index contributed by atoms with van der Waals surface area (Å²) in [6.07, 6.45) is 0.935. The summed E-state index contributed by atoms with van der Waals surface area (Å²) in [5.41, 5.74) is 0. The average Bonchev–Trinajstić information content (AvgIpc) is 2.55. The summed E-state index contributed by atoms with van der Waals surface area (Å²) in [5, 5.41) is 9.30. The van der Waals surface area contributed by atoms with Crippen molar-refractivity contribution in [3.05, 3.63) is 0 Å². The van der Waals surface area contributed by atoms with Gasteiger partial charge in [0, 0.05) is 38.8 Å². The second kappa shape index (κ2) is 11.3. The zero-order valence-electron chi connectivity index (χ0n) is 14.2. The molecule has 128 valence electrons. The second-order valence-electron chi connectivity index (χ2n) is 5.42. The zero-order valence-corrected chi connectivity index (χ0v) is 14.2. The highest BCUT2D eigenvalue weighted by Gasteiger charge is 2.17. The summed E-state index contributed by atoms with van der Waals surface area (Å²) in [6, 6.07) is 0.404. The van der Waals surface area contributed by atoms with E-state index >= 15 is 0 Å². The maximum Gasteiger partial charge on any atom is 0.241 e. The van der Waals surface area contributed by atoms with Gasteiger partial charge >= 0.3 is 0 Å². The standard InChI is InChI=1S/C15H31N5O2/c1-4-6-17-14(21)12-19-15(16-5-2)18-11-13(3)20-7-9-22-10-8-20/h13H,4-12H2,1-3H3,(H,17,21)(H2,16,18,19). The van der Waals surface area contributed by atoms with Crippen LogP contribution < -0.4 is 16.0 Å². The van der Waals surface area contributed by atoms with E-state index in [0.29, 0.717) is 18.5 Å². The molecule has 0 bridgehead atoms. The number of guanidine groups is 1. The highest BCUT2D eigenvalue weighted by molar-refractivity contribution is 5.84. The summed E-state index contributed by atoms with van der Waals surface area (Å²) in [6.45, 7) is 12.2. The molecule has 1 aliphatic heterocycles. The highest BCUT2D eigenvalue weighted by Crippen LogP contribution is 2.02. The first-order chi connectivity index (χ1) is 10.7. The smallest absolute Gasteiger partial charge is 0.241 e. The number of morpholine rings is 1. The Morgan fingerprint density at radius 3 is 2.59 bits per heavy atom. The first-order valence-electron chi connectivity index (χ1n) is 8.28. The molecule has 0 radical (unpaired) electrons. The molecule has 0 aliphatic carbocycles. The number of hydrogen-bond donors (Lipinski definition) is 3. The van der Waals surface area contributed by atoms with Crippen LogP contribution >= 0.6 is 0 Å². The summed E-state index contributed by atoms with van der Waals surface area (Å²) >= 11 is 0. The van der Waals surface area contributed by atoms with E-state index in [1.54, 1.807) is 0 Å². The van der Waals surface area contributed by atoms with Gasteiger partial charge in [-0.25, -0.2) is 4.99 Å². The van der Waals surface area contributed by atoms with Crippen molar-refractivity contribution in [2.24, 2.45) is 4.99 Å². The van der Waals surface area contributed by atoms with E-state index in [4.69, 9.17) is 4.74 Å². The number of carbonyl (C=O) groups excluding carboxylic acids is 1. The third-order valence-corrected chi connectivity index (χ3v) is 3.53. The highest BCUT2D eigenvalue weighted by atomic mass is 16.5. The topological polar surface area (TPSA) is 78.0 Å². The van der Waals surface area contributed by atoms with Gasteiger partial charge in [0.25, 0.3) is 0 Å². The maximum atomic E-state index is 11.6. The van der Waals surface area contributed by atoms with Crippen LogP contribution in [-0.2, 0) is 9.53 Å². The van der Waals surface area contributed by atoms with Gasteiger partial charge in [-0.2, -0.15) is 0 Å². The molecule has 7 heteroatoms. The molecule has 7 nitrogen and oxygen atoms in total. The summed E-state index contributed by atoms with van der Waals surface area (Å²) in [5.74, 6) is 0.648. The van der Waals surface area contributed by atoms with Gasteiger partial charge < -0.3 is 20.7 Å². The van der Waals surface area contributed by atoms with E-state index < -0.39 is 0 Å². The quantitative estimate of drug-likeness (QED) is 0.427. The van der Waals surface area contributed by atoms with Gasteiger partial charge in [0.05, 0.1) is 13.2 Å². The molecule has 0 aromatic heterocycles. The third kappa shape index (κ3) is 7.61. The van der Waals surface area contributed by atoms with Gasteiger partial charge in [0.15, 0.2) is 5.96 Å². The Labute approximate surface area is 133 Å². The van der Waals surface area contributed by atoms with Crippen LogP contribution in [0.5, 0.6) is 0 Å². The van der Waals surface area contributed by atoms with E-state index in [2.05, 4.69) is 32.8 Å².